The van der Waals surface area contributed by atoms with Crippen molar-refractivity contribution >= 4 is 22.6 Å². The highest BCUT2D eigenvalue weighted by Gasteiger charge is 2.46. The average Bonchev–Trinajstić information content (AvgIpc) is 3.49. The minimum atomic E-state index is -1.05. The molecule has 0 radical (unpaired) electrons. The largest absolute Gasteiger partial charge is 0.462 e. The van der Waals surface area contributed by atoms with Gasteiger partial charge in [0.1, 0.15) is 24.3 Å². The number of rotatable bonds is 7. The highest BCUT2D eigenvalue weighted by molar-refractivity contribution is 5.94. The van der Waals surface area contributed by atoms with Crippen molar-refractivity contribution in [2.75, 3.05) is 51.3 Å². The van der Waals surface area contributed by atoms with E-state index in [4.69, 9.17) is 21.3 Å². The van der Waals surface area contributed by atoms with Gasteiger partial charge in [0.25, 0.3) is 5.91 Å². The van der Waals surface area contributed by atoms with Gasteiger partial charge in [-0.3, -0.25) is 4.79 Å². The minimum Gasteiger partial charge on any atom is -0.462 e. The van der Waals surface area contributed by atoms with Crippen molar-refractivity contribution in [3.05, 3.63) is 71.1 Å². The number of benzene rings is 2. The van der Waals surface area contributed by atoms with Crippen molar-refractivity contribution in [1.29, 1.82) is 0 Å². The lowest BCUT2D eigenvalue weighted by atomic mass is 9.93. The first-order chi connectivity index (χ1) is 20.8. The molecule has 2 aliphatic carbocycles. The molecule has 2 unspecified atom stereocenters. The van der Waals surface area contributed by atoms with Crippen molar-refractivity contribution in [2.45, 2.75) is 43.7 Å². The van der Waals surface area contributed by atoms with Gasteiger partial charge in [0.05, 0.1) is 5.52 Å². The van der Waals surface area contributed by atoms with Crippen LogP contribution in [0.15, 0.2) is 42.7 Å². The Morgan fingerprint density at radius 2 is 2.05 bits per heavy atom. The van der Waals surface area contributed by atoms with Crippen LogP contribution in [-0.4, -0.2) is 84.1 Å². The van der Waals surface area contributed by atoms with E-state index in [9.17, 15) is 9.18 Å². The summed E-state index contributed by atoms with van der Waals surface area (Å²) in [5.41, 5.74) is 4.56. The van der Waals surface area contributed by atoms with Crippen LogP contribution in [0.1, 0.15) is 36.3 Å². The molecule has 4 aliphatic rings. The summed E-state index contributed by atoms with van der Waals surface area (Å²) in [5, 5.41) is 0.526. The Hall–Kier alpha value is -4.10. The molecule has 3 heterocycles. The molecule has 2 aliphatic heterocycles. The number of hydrogen-bond donors (Lipinski definition) is 0. The lowest BCUT2D eigenvalue weighted by Gasteiger charge is -2.39. The second kappa shape index (κ2) is 10.9. The van der Waals surface area contributed by atoms with E-state index in [1.54, 1.807) is 6.07 Å². The van der Waals surface area contributed by atoms with Gasteiger partial charge in [-0.1, -0.05) is 24.8 Å². The number of amides is 1. The van der Waals surface area contributed by atoms with Crippen LogP contribution in [0.3, 0.4) is 0 Å². The molecule has 7 rings (SSSR count). The molecule has 43 heavy (non-hydrogen) atoms. The van der Waals surface area contributed by atoms with Crippen LogP contribution >= 0.6 is 0 Å². The van der Waals surface area contributed by atoms with Crippen molar-refractivity contribution < 1.29 is 18.3 Å². The lowest BCUT2D eigenvalue weighted by molar-refractivity contribution is -0.131. The average molecular weight is 585 g/mol. The summed E-state index contributed by atoms with van der Waals surface area (Å²) in [6.07, 6.45) is 4.33. The first-order valence-electron chi connectivity index (χ1n) is 15.0. The molecule has 1 saturated carbocycles. The van der Waals surface area contributed by atoms with Crippen molar-refractivity contribution in [2.24, 2.45) is 5.92 Å². The molecule has 2 saturated heterocycles. The Balaban J connectivity index is 1.28. The maximum atomic E-state index is 16.0. The zero-order valence-corrected chi connectivity index (χ0v) is 24.2. The van der Waals surface area contributed by atoms with Crippen molar-refractivity contribution in [3.8, 4) is 17.1 Å². The maximum absolute atomic E-state index is 16.0. The Morgan fingerprint density at radius 3 is 2.81 bits per heavy atom. The number of hydrogen-bond acceptors (Lipinski definition) is 6. The van der Waals surface area contributed by atoms with Gasteiger partial charge in [-0.2, -0.15) is 9.97 Å². The van der Waals surface area contributed by atoms with E-state index >= 15 is 4.39 Å². The molecule has 0 N–H and O–H groups in total. The Kier molecular flexibility index (Phi) is 7.01. The molecule has 0 spiro atoms. The summed E-state index contributed by atoms with van der Waals surface area (Å²) >= 11 is 0. The number of anilines is 1. The zero-order chi connectivity index (χ0) is 29.8. The number of aromatic nitrogens is 2. The van der Waals surface area contributed by atoms with Crippen LogP contribution in [0.25, 0.3) is 26.9 Å². The number of nitrogens with zero attached hydrogens (tertiary/aromatic N) is 6. The van der Waals surface area contributed by atoms with E-state index in [0.717, 1.165) is 31.4 Å². The van der Waals surface area contributed by atoms with Gasteiger partial charge in [-0.05, 0) is 79.9 Å². The van der Waals surface area contributed by atoms with Crippen molar-refractivity contribution in [3.63, 3.8) is 0 Å². The molecule has 8 nitrogen and oxygen atoms in total. The van der Waals surface area contributed by atoms with Crippen LogP contribution in [0, 0.1) is 18.3 Å². The number of carbonyl (C=O) groups excluding carboxylic acids is 1. The number of halogens is 2. The topological polar surface area (TPSA) is 66.2 Å². The summed E-state index contributed by atoms with van der Waals surface area (Å²) in [6, 6.07) is 9.36. The molecule has 10 heteroatoms. The van der Waals surface area contributed by atoms with E-state index in [1.165, 1.54) is 28.5 Å². The Bertz CT molecular complexity index is 1670. The predicted molar refractivity (Wildman–Crippen MR) is 160 cm³/mol. The minimum absolute atomic E-state index is 0.00444. The molecular formula is C33H34F2N6O2. The fraction of sp³-hybridized carbons (Fsp3) is 0.455. The third kappa shape index (κ3) is 4.99. The van der Waals surface area contributed by atoms with Crippen LogP contribution in [0.2, 0.25) is 0 Å². The summed E-state index contributed by atoms with van der Waals surface area (Å²) in [6.45, 7) is 12.8. The van der Waals surface area contributed by atoms with Gasteiger partial charge < -0.3 is 24.3 Å². The molecule has 0 bridgehead atoms. The normalized spacial score (nSPS) is 24.5. The van der Waals surface area contributed by atoms with Crippen molar-refractivity contribution in [1.82, 2.24) is 19.8 Å². The van der Waals surface area contributed by atoms with Crippen LogP contribution in [-0.2, 0) is 11.2 Å². The number of likely N-dealkylation sites (N-methyl/N-ethyl adjacent to an activating group) is 1. The third-order valence-corrected chi connectivity index (χ3v) is 9.69. The van der Waals surface area contributed by atoms with Crippen LogP contribution in [0.5, 0.6) is 6.01 Å². The standard InChI is InChI=1S/C33H34F2N6O2/c1-19(34)32(42)41-11-10-40(17-22(41)16-36-2)31-28-14-29(35)27(24-8-4-7-23-25-12-20(25)13-26(23)24)15-30(28)37-33(38-31)43-18-21-6-5-9-39(21)3/h4,7-8,14-15,20-22,25H,1,5-6,9-13,16-18H2,3H3/t20?,21-,22-,25?/m0/s1. The van der Waals surface area contributed by atoms with Gasteiger partial charge in [0.2, 0.25) is 6.54 Å². The van der Waals surface area contributed by atoms with Crippen LogP contribution in [0.4, 0.5) is 14.6 Å². The molecular weight excluding hydrogens is 550 g/mol. The van der Waals surface area contributed by atoms with Gasteiger partial charge in [0, 0.05) is 36.6 Å². The maximum Gasteiger partial charge on any atom is 0.319 e. The van der Waals surface area contributed by atoms with Gasteiger partial charge >= 0.3 is 6.01 Å². The summed E-state index contributed by atoms with van der Waals surface area (Å²) < 4.78 is 36.0. The molecule has 1 aromatic heterocycles. The number of fused-ring (bicyclic) bond motifs is 4. The van der Waals surface area contributed by atoms with Crippen LogP contribution < -0.4 is 9.64 Å². The quantitative estimate of drug-likeness (QED) is 0.288. The second-order valence-corrected chi connectivity index (χ2v) is 12.3. The Morgan fingerprint density at radius 1 is 1.19 bits per heavy atom. The van der Waals surface area contributed by atoms with E-state index < -0.39 is 17.8 Å². The molecule has 3 fully saturated rings. The third-order valence-electron chi connectivity index (χ3n) is 9.69. The lowest BCUT2D eigenvalue weighted by Crippen LogP contribution is -2.56. The van der Waals surface area contributed by atoms with E-state index in [2.05, 4.69) is 29.4 Å². The number of piperazine rings is 1. The first-order valence-corrected chi connectivity index (χ1v) is 15.0. The zero-order valence-electron chi connectivity index (χ0n) is 24.2. The first kappa shape index (κ1) is 27.7. The Labute approximate surface area is 249 Å². The molecule has 3 aromatic rings. The second-order valence-electron chi connectivity index (χ2n) is 12.3. The number of ether oxygens (including phenoxy) is 1. The summed E-state index contributed by atoms with van der Waals surface area (Å²) in [7, 11) is 2.08. The van der Waals surface area contributed by atoms with Gasteiger partial charge in [-0.25, -0.2) is 15.4 Å². The predicted octanol–water partition coefficient (Wildman–Crippen LogP) is 4.99. The van der Waals surface area contributed by atoms with Gasteiger partial charge in [0.15, 0.2) is 5.83 Å². The molecule has 1 amide bonds. The number of carbonyl (C=O) groups is 1. The summed E-state index contributed by atoms with van der Waals surface area (Å²) in [4.78, 5) is 31.0. The summed E-state index contributed by atoms with van der Waals surface area (Å²) in [5.74, 6) is -0.466. The fourth-order valence-corrected chi connectivity index (χ4v) is 7.27. The smallest absolute Gasteiger partial charge is 0.319 e. The van der Waals surface area contributed by atoms with E-state index in [0.29, 0.717) is 47.3 Å². The van der Waals surface area contributed by atoms with E-state index in [1.807, 2.05) is 17.0 Å². The van der Waals surface area contributed by atoms with E-state index in [-0.39, 0.29) is 37.5 Å². The SMILES string of the molecule is [C-]#[N+]C[C@H]1CN(c2nc(OC[C@@H]3CCCN3C)nc3cc(-c4cccc5c4CC4CC54)c(F)cc23)CCN1C(=O)C(=C)F. The monoisotopic (exact) mass is 584 g/mol. The highest BCUT2D eigenvalue weighted by Crippen LogP contribution is 2.58. The van der Waals surface area contributed by atoms with Gasteiger partial charge in [-0.15, -0.1) is 0 Å². The molecule has 4 atom stereocenters. The number of likely N-dealkylation sites (tertiary alicyclic amines) is 1. The highest BCUT2D eigenvalue weighted by atomic mass is 19.1. The molecule has 2 aromatic carbocycles. The fourth-order valence-electron chi connectivity index (χ4n) is 7.27. The molecule has 222 valence electrons.